The molecule has 0 radical (unpaired) electrons. The Kier molecular flexibility index (Phi) is 5.72. The van der Waals surface area contributed by atoms with Gasteiger partial charge in [-0.3, -0.25) is 4.98 Å². The van der Waals surface area contributed by atoms with Crippen molar-refractivity contribution in [3.63, 3.8) is 0 Å². The molecule has 0 spiro atoms. The molecule has 0 saturated carbocycles. The van der Waals surface area contributed by atoms with Crippen molar-refractivity contribution in [1.29, 1.82) is 0 Å². The first-order valence-corrected chi connectivity index (χ1v) is 9.17. The van der Waals surface area contributed by atoms with Crippen molar-refractivity contribution < 1.29 is 9.84 Å². The van der Waals surface area contributed by atoms with Crippen molar-refractivity contribution in [3.05, 3.63) is 42.2 Å². The van der Waals surface area contributed by atoms with Gasteiger partial charge in [-0.15, -0.1) is 5.10 Å². The molecule has 0 aliphatic carbocycles. The first-order chi connectivity index (χ1) is 12.8. The lowest BCUT2D eigenvalue weighted by molar-refractivity contribution is -0.00535. The van der Waals surface area contributed by atoms with Crippen molar-refractivity contribution in [2.24, 2.45) is 0 Å². The highest BCUT2D eigenvalue weighted by molar-refractivity contribution is 5.63. The Morgan fingerprint density at radius 2 is 1.96 bits per heavy atom. The van der Waals surface area contributed by atoms with E-state index in [1.54, 1.807) is 10.7 Å². The second-order valence-corrected chi connectivity index (χ2v) is 7.72. The minimum Gasteiger partial charge on any atom is -0.391 e. The summed E-state index contributed by atoms with van der Waals surface area (Å²) in [4.78, 5) is 8.53. The van der Waals surface area contributed by atoms with E-state index in [0.717, 1.165) is 36.4 Å². The summed E-state index contributed by atoms with van der Waals surface area (Å²) in [6.45, 7) is 7.88. The standard InChI is InChI=1S/C15H17N5.C5H10O2/c1-15(2,3)10-4-6-12(17-8-10)13-7-5-11-9-18-14(16)19-20(11)13;6-5-2-1-3-7-4-5/h4-9H,1-3H3,(H2,16,19);5-6H,1-4H2. The van der Waals surface area contributed by atoms with Crippen LogP contribution < -0.4 is 5.73 Å². The van der Waals surface area contributed by atoms with E-state index in [9.17, 15) is 0 Å². The molecule has 4 heterocycles. The molecule has 144 valence electrons. The molecule has 0 bridgehead atoms. The fourth-order valence-electron chi connectivity index (χ4n) is 2.82. The van der Waals surface area contributed by atoms with Crippen LogP contribution in [0, 0.1) is 0 Å². The number of aromatic nitrogens is 4. The molecular weight excluding hydrogens is 342 g/mol. The van der Waals surface area contributed by atoms with Crippen molar-refractivity contribution in [1.82, 2.24) is 19.6 Å². The molecule has 0 aromatic carbocycles. The van der Waals surface area contributed by atoms with Crippen molar-refractivity contribution in [2.75, 3.05) is 18.9 Å². The van der Waals surface area contributed by atoms with Gasteiger partial charge in [-0.25, -0.2) is 9.50 Å². The number of nitrogen functional groups attached to an aromatic ring is 1. The van der Waals surface area contributed by atoms with Crippen LogP contribution in [0.25, 0.3) is 16.9 Å². The second kappa shape index (κ2) is 8.02. The Bertz CT molecular complexity index is 878. The quantitative estimate of drug-likeness (QED) is 0.684. The van der Waals surface area contributed by atoms with Gasteiger partial charge in [-0.1, -0.05) is 26.8 Å². The van der Waals surface area contributed by atoms with Gasteiger partial charge in [0.05, 0.1) is 35.8 Å². The second-order valence-electron chi connectivity index (χ2n) is 7.72. The summed E-state index contributed by atoms with van der Waals surface area (Å²) in [6, 6.07) is 8.05. The number of nitrogens with two attached hydrogens (primary N) is 1. The van der Waals surface area contributed by atoms with Crippen molar-refractivity contribution >= 4 is 11.5 Å². The third kappa shape index (κ3) is 4.81. The SMILES string of the molecule is CC(C)(C)c1ccc(-c2ccc3cnc(N)nn23)nc1.OC1CCCOC1. The number of aliphatic hydroxyl groups is 1. The predicted molar refractivity (Wildman–Crippen MR) is 105 cm³/mol. The molecule has 3 N–H and O–H groups in total. The summed E-state index contributed by atoms with van der Waals surface area (Å²) >= 11 is 0. The Morgan fingerprint density at radius 3 is 2.52 bits per heavy atom. The van der Waals surface area contributed by atoms with Crippen molar-refractivity contribution in [3.8, 4) is 11.4 Å². The molecule has 7 heteroatoms. The summed E-state index contributed by atoms with van der Waals surface area (Å²) in [5.74, 6) is 0.251. The number of nitrogens with zero attached hydrogens (tertiary/aromatic N) is 4. The molecular formula is C20H27N5O2. The third-order valence-corrected chi connectivity index (χ3v) is 4.44. The van der Waals surface area contributed by atoms with Gasteiger partial charge in [0.1, 0.15) is 0 Å². The maximum atomic E-state index is 8.78. The number of fused-ring (bicyclic) bond motifs is 1. The maximum absolute atomic E-state index is 8.78. The molecule has 1 fully saturated rings. The van der Waals surface area contributed by atoms with E-state index in [1.165, 1.54) is 5.56 Å². The molecule has 1 saturated heterocycles. The first-order valence-electron chi connectivity index (χ1n) is 9.17. The molecule has 27 heavy (non-hydrogen) atoms. The van der Waals surface area contributed by atoms with E-state index >= 15 is 0 Å². The van der Waals surface area contributed by atoms with Gasteiger partial charge in [0, 0.05) is 12.8 Å². The molecule has 1 aliphatic heterocycles. The number of aliphatic hydroxyl groups excluding tert-OH is 1. The van der Waals surface area contributed by atoms with Crippen LogP contribution in [0.2, 0.25) is 0 Å². The summed E-state index contributed by atoms with van der Waals surface area (Å²) in [7, 11) is 0. The molecule has 1 atom stereocenters. The molecule has 0 amide bonds. The molecule has 4 rings (SSSR count). The molecule has 1 unspecified atom stereocenters. The Morgan fingerprint density at radius 1 is 1.15 bits per heavy atom. The first kappa shape index (κ1) is 19.3. The van der Waals surface area contributed by atoms with Gasteiger partial charge in [-0.2, -0.15) is 0 Å². The van der Waals surface area contributed by atoms with Crippen LogP contribution in [0.4, 0.5) is 5.95 Å². The maximum Gasteiger partial charge on any atom is 0.238 e. The summed E-state index contributed by atoms with van der Waals surface area (Å²) < 4.78 is 6.70. The molecule has 7 nitrogen and oxygen atoms in total. The van der Waals surface area contributed by atoms with Crippen LogP contribution in [0.3, 0.4) is 0 Å². The Balaban J connectivity index is 0.000000253. The number of rotatable bonds is 1. The lowest BCUT2D eigenvalue weighted by Gasteiger charge is -2.18. The third-order valence-electron chi connectivity index (χ3n) is 4.44. The topological polar surface area (TPSA) is 98.6 Å². The largest absolute Gasteiger partial charge is 0.391 e. The highest BCUT2D eigenvalue weighted by Crippen LogP contribution is 2.25. The lowest BCUT2D eigenvalue weighted by atomic mass is 9.88. The zero-order chi connectivity index (χ0) is 19.4. The van der Waals surface area contributed by atoms with Crippen molar-refractivity contribution in [2.45, 2.75) is 45.1 Å². The molecule has 1 aliphatic rings. The van der Waals surface area contributed by atoms with Gasteiger partial charge in [0.15, 0.2) is 0 Å². The summed E-state index contributed by atoms with van der Waals surface area (Å²) in [5.41, 5.74) is 9.63. The van der Waals surface area contributed by atoms with E-state index in [1.807, 2.05) is 24.4 Å². The van der Waals surface area contributed by atoms with E-state index < -0.39 is 0 Å². The smallest absolute Gasteiger partial charge is 0.238 e. The zero-order valence-electron chi connectivity index (χ0n) is 16.1. The van der Waals surface area contributed by atoms with E-state index in [0.29, 0.717) is 6.61 Å². The number of hydrogen-bond acceptors (Lipinski definition) is 6. The lowest BCUT2D eigenvalue weighted by Crippen LogP contribution is -2.21. The number of ether oxygens (including phenoxy) is 1. The van der Waals surface area contributed by atoms with E-state index in [2.05, 4.69) is 41.9 Å². The van der Waals surface area contributed by atoms with E-state index in [4.69, 9.17) is 15.6 Å². The molecule has 3 aromatic heterocycles. The summed E-state index contributed by atoms with van der Waals surface area (Å²) in [5, 5.41) is 13.0. The average molecular weight is 369 g/mol. The fraction of sp³-hybridized carbons (Fsp3) is 0.450. The number of pyridine rings is 1. The van der Waals surface area contributed by atoms with Crippen LogP contribution in [-0.4, -0.2) is 44.0 Å². The van der Waals surface area contributed by atoms with E-state index in [-0.39, 0.29) is 17.5 Å². The van der Waals surface area contributed by atoms with Gasteiger partial charge >= 0.3 is 0 Å². The van der Waals surface area contributed by atoms with Crippen LogP contribution in [0.1, 0.15) is 39.2 Å². The zero-order valence-corrected chi connectivity index (χ0v) is 16.1. The van der Waals surface area contributed by atoms with Gasteiger partial charge in [-0.05, 0) is 42.0 Å². The van der Waals surface area contributed by atoms with Gasteiger partial charge in [0.2, 0.25) is 5.95 Å². The van der Waals surface area contributed by atoms with Gasteiger partial charge < -0.3 is 15.6 Å². The van der Waals surface area contributed by atoms with Gasteiger partial charge in [0.25, 0.3) is 0 Å². The Hall–Kier alpha value is -2.51. The van der Waals surface area contributed by atoms with Crippen LogP contribution in [-0.2, 0) is 10.2 Å². The van der Waals surface area contributed by atoms with Crippen LogP contribution in [0.15, 0.2) is 36.7 Å². The van der Waals surface area contributed by atoms with Crippen LogP contribution >= 0.6 is 0 Å². The number of hydrogen-bond donors (Lipinski definition) is 2. The highest BCUT2D eigenvalue weighted by atomic mass is 16.5. The fourth-order valence-corrected chi connectivity index (χ4v) is 2.82. The average Bonchev–Trinajstić information content (AvgIpc) is 3.05. The molecule has 3 aromatic rings. The minimum absolute atomic E-state index is 0.0966. The Labute approximate surface area is 159 Å². The number of anilines is 1. The predicted octanol–water partition coefficient (Wildman–Crippen LogP) is 2.83. The summed E-state index contributed by atoms with van der Waals surface area (Å²) in [6.07, 6.45) is 5.37. The monoisotopic (exact) mass is 369 g/mol. The minimum atomic E-state index is -0.186. The highest BCUT2D eigenvalue weighted by Gasteiger charge is 2.15. The normalized spacial score (nSPS) is 17.4. The van der Waals surface area contributed by atoms with Crippen LogP contribution in [0.5, 0.6) is 0 Å².